The number of pyridine rings is 2. The number of fused-ring (bicyclic) bond motifs is 8. The van der Waals surface area contributed by atoms with Crippen LogP contribution in [0.5, 0.6) is 0 Å². The number of rotatable bonds is 1. The van der Waals surface area contributed by atoms with Crippen LogP contribution >= 0.6 is 0 Å². The maximum absolute atomic E-state index is 4.89. The topological polar surface area (TPSA) is 30.2 Å². The van der Waals surface area contributed by atoms with Crippen LogP contribution in [0.25, 0.3) is 60.4 Å². The van der Waals surface area contributed by atoms with Crippen LogP contribution in [0.4, 0.5) is 0 Å². The quantitative estimate of drug-likeness (QED) is 0.266. The van der Waals surface area contributed by atoms with E-state index in [-0.39, 0.29) is 5.41 Å². The molecule has 4 heterocycles. The van der Waals surface area contributed by atoms with Gasteiger partial charge in [-0.15, -0.1) is 0 Å². The van der Waals surface area contributed by atoms with Crippen molar-refractivity contribution < 1.29 is 0 Å². The molecule has 0 radical (unpaired) electrons. The van der Waals surface area contributed by atoms with Gasteiger partial charge >= 0.3 is 0 Å². The average molecular weight is 436 g/mol. The number of nitrogens with zero attached hydrogens (tertiary/aromatic N) is 3. The Labute approximate surface area is 196 Å². The number of hydrogen-bond donors (Lipinski definition) is 0. The molecule has 0 spiro atoms. The van der Waals surface area contributed by atoms with Gasteiger partial charge in [0.05, 0.1) is 16.7 Å². The van der Waals surface area contributed by atoms with Gasteiger partial charge in [0.15, 0.2) is 0 Å². The molecule has 7 aromatic rings. The highest BCUT2D eigenvalue weighted by Gasteiger charge is 2.40. The molecule has 4 aromatic heterocycles. The standard InChI is InChI=1S/C31H21N3/c1-31(2)26(28-21-10-6-5-7-18(21)11-12-33-28)15-23-25-17-32-16-24-22-13-19-8-3-4-9-20(19)14-27(22)34(29(24)25)30(23)31/h3-17H,1-2H3. The number of benzene rings is 3. The molecule has 160 valence electrons. The Balaban J connectivity index is 1.51. The summed E-state index contributed by atoms with van der Waals surface area (Å²) in [6, 6.07) is 23.9. The lowest BCUT2D eigenvalue weighted by Gasteiger charge is -2.25. The van der Waals surface area contributed by atoms with E-state index in [0.29, 0.717) is 0 Å². The Bertz CT molecular complexity index is 1980. The van der Waals surface area contributed by atoms with E-state index < -0.39 is 0 Å². The zero-order chi connectivity index (χ0) is 22.6. The van der Waals surface area contributed by atoms with Gasteiger partial charge in [0.1, 0.15) is 0 Å². The molecule has 3 heteroatoms. The van der Waals surface area contributed by atoms with E-state index in [9.17, 15) is 0 Å². The van der Waals surface area contributed by atoms with Crippen molar-refractivity contribution in [2.75, 3.05) is 0 Å². The highest BCUT2D eigenvalue weighted by molar-refractivity contribution is 6.20. The molecule has 0 unspecified atom stereocenters. The Morgan fingerprint density at radius 2 is 1.47 bits per heavy atom. The molecular weight excluding hydrogens is 414 g/mol. The molecule has 0 N–H and O–H groups in total. The summed E-state index contributed by atoms with van der Waals surface area (Å²) in [6.07, 6.45) is 8.35. The van der Waals surface area contributed by atoms with Crippen molar-refractivity contribution in [1.82, 2.24) is 14.4 Å². The molecule has 0 fully saturated rings. The van der Waals surface area contributed by atoms with Crippen LogP contribution in [0.15, 0.2) is 85.3 Å². The van der Waals surface area contributed by atoms with Crippen molar-refractivity contribution >= 4 is 60.4 Å². The van der Waals surface area contributed by atoms with E-state index in [1.807, 2.05) is 18.6 Å². The lowest BCUT2D eigenvalue weighted by Crippen LogP contribution is -2.19. The Kier molecular flexibility index (Phi) is 3.22. The van der Waals surface area contributed by atoms with Gasteiger partial charge in [0.2, 0.25) is 0 Å². The van der Waals surface area contributed by atoms with E-state index in [1.54, 1.807) is 0 Å². The number of aromatic nitrogens is 3. The highest BCUT2D eigenvalue weighted by atomic mass is 15.0. The lowest BCUT2D eigenvalue weighted by atomic mass is 9.82. The van der Waals surface area contributed by atoms with Crippen LogP contribution in [-0.2, 0) is 5.41 Å². The molecule has 3 aromatic carbocycles. The molecule has 1 aliphatic rings. The second-order valence-electron chi connectivity index (χ2n) is 9.96. The molecule has 34 heavy (non-hydrogen) atoms. The lowest BCUT2D eigenvalue weighted by molar-refractivity contribution is 0.671. The second kappa shape index (κ2) is 6.00. The van der Waals surface area contributed by atoms with Gasteiger partial charge in [-0.1, -0.05) is 62.4 Å². The maximum Gasteiger partial charge on any atom is 0.0749 e. The third-order valence-electron chi connectivity index (χ3n) is 7.79. The molecule has 0 saturated carbocycles. The predicted octanol–water partition coefficient (Wildman–Crippen LogP) is 7.61. The molecule has 3 nitrogen and oxygen atoms in total. The number of allylic oxidation sites excluding steroid dienone is 1. The fourth-order valence-electron chi connectivity index (χ4n) is 6.23. The summed E-state index contributed by atoms with van der Waals surface area (Å²) in [5.74, 6) is 0. The zero-order valence-electron chi connectivity index (χ0n) is 19.0. The number of hydrogen-bond acceptors (Lipinski definition) is 2. The largest absolute Gasteiger partial charge is 0.311 e. The van der Waals surface area contributed by atoms with Crippen LogP contribution in [0, 0.1) is 0 Å². The predicted molar refractivity (Wildman–Crippen MR) is 142 cm³/mol. The second-order valence-corrected chi connectivity index (χ2v) is 9.96. The molecule has 0 saturated heterocycles. The van der Waals surface area contributed by atoms with E-state index in [1.165, 1.54) is 65.6 Å². The van der Waals surface area contributed by atoms with Crippen LogP contribution in [0.3, 0.4) is 0 Å². The van der Waals surface area contributed by atoms with Crippen molar-refractivity contribution in [1.29, 1.82) is 0 Å². The minimum absolute atomic E-state index is 0.212. The molecule has 8 rings (SSSR count). The van der Waals surface area contributed by atoms with Crippen LogP contribution in [0.1, 0.15) is 30.8 Å². The van der Waals surface area contributed by atoms with E-state index in [0.717, 1.165) is 5.69 Å². The summed E-state index contributed by atoms with van der Waals surface area (Å²) in [7, 11) is 0. The minimum Gasteiger partial charge on any atom is -0.311 e. The van der Waals surface area contributed by atoms with E-state index in [2.05, 4.69) is 96.0 Å². The summed E-state index contributed by atoms with van der Waals surface area (Å²) in [4.78, 5) is 9.57. The summed E-state index contributed by atoms with van der Waals surface area (Å²) >= 11 is 0. The molecular formula is C31H21N3. The smallest absolute Gasteiger partial charge is 0.0749 e. The van der Waals surface area contributed by atoms with Gasteiger partial charge < -0.3 is 4.40 Å². The van der Waals surface area contributed by atoms with Gasteiger partial charge in [-0.3, -0.25) is 9.97 Å². The SMILES string of the molecule is CC1(C)C(c2nccc3ccccc23)=Cc2c1n1c3cc4ccccc4cc3c3cncc2c31. The van der Waals surface area contributed by atoms with Gasteiger partial charge in [-0.2, -0.15) is 0 Å². The van der Waals surface area contributed by atoms with Crippen LogP contribution < -0.4 is 0 Å². The summed E-state index contributed by atoms with van der Waals surface area (Å²) in [5.41, 5.74) is 7.26. The maximum atomic E-state index is 4.89. The average Bonchev–Trinajstić information content (AvgIpc) is 3.46. The third kappa shape index (κ3) is 2.08. The summed E-state index contributed by atoms with van der Waals surface area (Å²) < 4.78 is 2.50. The first kappa shape index (κ1) is 18.2. The fraction of sp³-hybridized carbons (Fsp3) is 0.0968. The molecule has 0 amide bonds. The van der Waals surface area contributed by atoms with Gasteiger partial charge in [0.25, 0.3) is 0 Å². The summed E-state index contributed by atoms with van der Waals surface area (Å²) in [6.45, 7) is 4.67. The Morgan fingerprint density at radius 3 is 2.32 bits per heavy atom. The minimum atomic E-state index is -0.212. The zero-order valence-corrected chi connectivity index (χ0v) is 19.0. The van der Waals surface area contributed by atoms with Crippen molar-refractivity contribution in [2.45, 2.75) is 19.3 Å². The first-order chi connectivity index (χ1) is 16.6. The van der Waals surface area contributed by atoms with Crippen molar-refractivity contribution in [2.24, 2.45) is 0 Å². The van der Waals surface area contributed by atoms with Gasteiger partial charge in [-0.05, 0) is 46.0 Å². The van der Waals surface area contributed by atoms with Crippen LogP contribution in [-0.4, -0.2) is 14.4 Å². The van der Waals surface area contributed by atoms with Crippen molar-refractivity contribution in [3.05, 3.63) is 102 Å². The molecule has 1 aliphatic carbocycles. The molecule has 0 atom stereocenters. The molecule has 0 bridgehead atoms. The Hall–Kier alpha value is -4.24. The molecule has 0 aliphatic heterocycles. The van der Waals surface area contributed by atoms with Gasteiger partial charge in [0, 0.05) is 56.8 Å². The first-order valence-electron chi connectivity index (χ1n) is 11.8. The van der Waals surface area contributed by atoms with Crippen molar-refractivity contribution in [3.8, 4) is 0 Å². The van der Waals surface area contributed by atoms with Gasteiger partial charge in [-0.25, -0.2) is 0 Å². The van der Waals surface area contributed by atoms with Crippen molar-refractivity contribution in [3.63, 3.8) is 0 Å². The third-order valence-corrected chi connectivity index (χ3v) is 7.79. The van der Waals surface area contributed by atoms with Crippen LogP contribution in [0.2, 0.25) is 0 Å². The highest BCUT2D eigenvalue weighted by Crippen LogP contribution is 2.52. The Morgan fingerprint density at radius 1 is 0.735 bits per heavy atom. The van der Waals surface area contributed by atoms with E-state index in [4.69, 9.17) is 4.98 Å². The fourth-order valence-corrected chi connectivity index (χ4v) is 6.23. The normalized spacial score (nSPS) is 15.2. The van der Waals surface area contributed by atoms with E-state index >= 15 is 0 Å². The first-order valence-corrected chi connectivity index (χ1v) is 11.8. The summed E-state index contributed by atoms with van der Waals surface area (Å²) in [5, 5.41) is 8.65. The monoisotopic (exact) mass is 435 g/mol.